The van der Waals surface area contributed by atoms with E-state index in [1.165, 1.54) is 19.5 Å². The Morgan fingerprint density at radius 1 is 1.43 bits per heavy atom. The van der Waals surface area contributed by atoms with Gasteiger partial charge < -0.3 is 10.1 Å². The molecule has 0 saturated carbocycles. The Kier molecular flexibility index (Phi) is 5.45. The summed E-state index contributed by atoms with van der Waals surface area (Å²) in [4.78, 5) is 2.57. The summed E-state index contributed by atoms with van der Waals surface area (Å²) < 4.78 is 5.08. The molecule has 1 aliphatic rings. The largest absolute Gasteiger partial charge is 0.385 e. The molecule has 1 rings (SSSR count). The van der Waals surface area contributed by atoms with Gasteiger partial charge in [0.2, 0.25) is 0 Å². The Morgan fingerprint density at radius 2 is 2.21 bits per heavy atom. The van der Waals surface area contributed by atoms with Gasteiger partial charge in [-0.05, 0) is 33.2 Å². The van der Waals surface area contributed by atoms with Gasteiger partial charge in [0.15, 0.2) is 0 Å². The van der Waals surface area contributed by atoms with Gasteiger partial charge in [-0.15, -0.1) is 0 Å². The topological polar surface area (TPSA) is 24.5 Å². The van der Waals surface area contributed by atoms with Gasteiger partial charge in [0, 0.05) is 38.9 Å². The van der Waals surface area contributed by atoms with Gasteiger partial charge in [-0.3, -0.25) is 4.90 Å². The van der Waals surface area contributed by atoms with Crippen LogP contribution < -0.4 is 5.32 Å². The molecule has 0 aromatic heterocycles. The van der Waals surface area contributed by atoms with E-state index in [9.17, 15) is 0 Å². The molecular formula is C11H24N2O. The van der Waals surface area contributed by atoms with Crippen LogP contribution in [0.5, 0.6) is 0 Å². The maximum Gasteiger partial charge on any atom is 0.0474 e. The van der Waals surface area contributed by atoms with Crippen LogP contribution in [0.25, 0.3) is 0 Å². The number of rotatable bonds is 4. The zero-order valence-corrected chi connectivity index (χ0v) is 9.75. The summed E-state index contributed by atoms with van der Waals surface area (Å²) >= 11 is 0. The van der Waals surface area contributed by atoms with E-state index in [2.05, 4.69) is 24.1 Å². The van der Waals surface area contributed by atoms with Crippen molar-refractivity contribution in [3.63, 3.8) is 0 Å². The van der Waals surface area contributed by atoms with Crippen LogP contribution in [0.2, 0.25) is 0 Å². The maximum atomic E-state index is 5.08. The average Bonchev–Trinajstić information content (AvgIpc) is 2.30. The lowest BCUT2D eigenvalue weighted by atomic mass is 10.2. The summed E-state index contributed by atoms with van der Waals surface area (Å²) in [7, 11) is 1.77. The lowest BCUT2D eigenvalue weighted by Gasteiger charge is -2.27. The lowest BCUT2D eigenvalue weighted by Crippen LogP contribution is -2.39. The Hall–Kier alpha value is -0.120. The van der Waals surface area contributed by atoms with Crippen molar-refractivity contribution >= 4 is 0 Å². The van der Waals surface area contributed by atoms with E-state index in [-0.39, 0.29) is 0 Å². The van der Waals surface area contributed by atoms with Crippen LogP contribution >= 0.6 is 0 Å². The monoisotopic (exact) mass is 200 g/mol. The minimum absolute atomic E-state index is 0.627. The fourth-order valence-corrected chi connectivity index (χ4v) is 2.04. The molecule has 0 radical (unpaired) electrons. The van der Waals surface area contributed by atoms with Crippen molar-refractivity contribution in [2.45, 2.75) is 38.8 Å². The second-order valence-electron chi connectivity index (χ2n) is 4.33. The van der Waals surface area contributed by atoms with Crippen molar-refractivity contribution in [2.75, 3.05) is 33.4 Å². The first-order valence-corrected chi connectivity index (χ1v) is 5.70. The molecule has 0 aromatic rings. The van der Waals surface area contributed by atoms with Crippen LogP contribution in [0.3, 0.4) is 0 Å². The zero-order valence-electron chi connectivity index (χ0n) is 9.75. The van der Waals surface area contributed by atoms with Crippen molar-refractivity contribution in [1.29, 1.82) is 0 Å². The van der Waals surface area contributed by atoms with Crippen LogP contribution in [0.1, 0.15) is 26.7 Å². The smallest absolute Gasteiger partial charge is 0.0474 e. The Labute approximate surface area is 87.8 Å². The van der Waals surface area contributed by atoms with Gasteiger partial charge >= 0.3 is 0 Å². The highest BCUT2D eigenvalue weighted by Gasteiger charge is 2.19. The summed E-state index contributed by atoms with van der Waals surface area (Å²) in [6.07, 6.45) is 2.41. The number of hydrogen-bond donors (Lipinski definition) is 1. The third-order valence-electron chi connectivity index (χ3n) is 2.98. The first-order valence-electron chi connectivity index (χ1n) is 5.70. The van der Waals surface area contributed by atoms with Crippen molar-refractivity contribution in [1.82, 2.24) is 10.2 Å². The molecule has 1 aliphatic heterocycles. The van der Waals surface area contributed by atoms with Crippen LogP contribution in [0, 0.1) is 0 Å². The maximum absolute atomic E-state index is 5.08. The van der Waals surface area contributed by atoms with Gasteiger partial charge in [0.05, 0.1) is 0 Å². The van der Waals surface area contributed by atoms with Gasteiger partial charge in [0.1, 0.15) is 0 Å². The van der Waals surface area contributed by atoms with E-state index in [4.69, 9.17) is 4.74 Å². The Balaban J connectivity index is 2.30. The van der Waals surface area contributed by atoms with Gasteiger partial charge in [0.25, 0.3) is 0 Å². The molecule has 1 saturated heterocycles. The third kappa shape index (κ3) is 3.95. The summed E-state index contributed by atoms with van der Waals surface area (Å²) in [6.45, 7) is 8.97. The molecule has 0 aliphatic carbocycles. The predicted octanol–water partition coefficient (Wildman–Crippen LogP) is 1.10. The number of nitrogens with zero attached hydrogens (tertiary/aromatic N) is 1. The molecule has 0 spiro atoms. The fourth-order valence-electron chi connectivity index (χ4n) is 2.04. The summed E-state index contributed by atoms with van der Waals surface area (Å²) in [5.74, 6) is 0. The molecule has 0 amide bonds. The van der Waals surface area contributed by atoms with E-state index in [0.29, 0.717) is 12.1 Å². The molecule has 2 atom stereocenters. The molecule has 1 heterocycles. The molecule has 3 heteroatoms. The van der Waals surface area contributed by atoms with Crippen molar-refractivity contribution < 1.29 is 4.74 Å². The lowest BCUT2D eigenvalue weighted by molar-refractivity contribution is 0.153. The summed E-state index contributed by atoms with van der Waals surface area (Å²) in [5, 5.41) is 3.52. The number of nitrogens with one attached hydrogen (secondary N) is 1. The Bertz CT molecular complexity index is 152. The van der Waals surface area contributed by atoms with E-state index in [1.807, 2.05) is 0 Å². The molecule has 2 unspecified atom stereocenters. The minimum Gasteiger partial charge on any atom is -0.385 e. The second kappa shape index (κ2) is 6.38. The van der Waals surface area contributed by atoms with E-state index in [1.54, 1.807) is 7.11 Å². The van der Waals surface area contributed by atoms with Crippen LogP contribution in [0.15, 0.2) is 0 Å². The predicted molar refractivity (Wildman–Crippen MR) is 59.6 cm³/mol. The van der Waals surface area contributed by atoms with Crippen molar-refractivity contribution in [3.8, 4) is 0 Å². The fraction of sp³-hybridized carbons (Fsp3) is 1.00. The molecule has 3 nitrogen and oxygen atoms in total. The van der Waals surface area contributed by atoms with Crippen molar-refractivity contribution in [2.24, 2.45) is 0 Å². The first kappa shape index (κ1) is 12.0. The van der Waals surface area contributed by atoms with Crippen molar-refractivity contribution in [3.05, 3.63) is 0 Å². The van der Waals surface area contributed by atoms with E-state index in [0.717, 1.165) is 19.6 Å². The van der Waals surface area contributed by atoms with E-state index < -0.39 is 0 Å². The molecular weight excluding hydrogens is 176 g/mol. The first-order chi connectivity index (χ1) is 6.74. The highest BCUT2D eigenvalue weighted by Crippen LogP contribution is 2.09. The number of methoxy groups -OCH3 is 1. The molecule has 0 aromatic carbocycles. The molecule has 1 fully saturated rings. The molecule has 84 valence electrons. The van der Waals surface area contributed by atoms with Gasteiger partial charge in [-0.2, -0.15) is 0 Å². The standard InChI is InChI=1S/C11H24N2O/c1-10-9-13(7-4-8-14-3)11(2)5-6-12-10/h10-12H,4-9H2,1-3H3. The highest BCUT2D eigenvalue weighted by atomic mass is 16.5. The second-order valence-corrected chi connectivity index (χ2v) is 4.33. The minimum atomic E-state index is 0.627. The van der Waals surface area contributed by atoms with E-state index >= 15 is 0 Å². The highest BCUT2D eigenvalue weighted by molar-refractivity contribution is 4.78. The van der Waals surface area contributed by atoms with Crippen LogP contribution in [-0.4, -0.2) is 50.3 Å². The Morgan fingerprint density at radius 3 is 2.93 bits per heavy atom. The normalized spacial score (nSPS) is 30.2. The van der Waals surface area contributed by atoms with Crippen LogP contribution in [0.4, 0.5) is 0 Å². The zero-order chi connectivity index (χ0) is 10.4. The quantitative estimate of drug-likeness (QED) is 0.688. The number of ether oxygens (including phenoxy) is 1. The number of hydrogen-bond acceptors (Lipinski definition) is 3. The van der Waals surface area contributed by atoms with Crippen LogP contribution in [-0.2, 0) is 4.74 Å². The molecule has 1 N–H and O–H groups in total. The average molecular weight is 200 g/mol. The van der Waals surface area contributed by atoms with Gasteiger partial charge in [-0.25, -0.2) is 0 Å². The summed E-state index contributed by atoms with van der Waals surface area (Å²) in [6, 6.07) is 1.34. The SMILES string of the molecule is COCCCN1CC(C)NCCC1C. The molecule has 14 heavy (non-hydrogen) atoms. The summed E-state index contributed by atoms with van der Waals surface area (Å²) in [5.41, 5.74) is 0. The van der Waals surface area contributed by atoms with Gasteiger partial charge in [-0.1, -0.05) is 0 Å². The molecule has 0 bridgehead atoms. The third-order valence-corrected chi connectivity index (χ3v) is 2.98.